The molecule has 18 heavy (non-hydrogen) atoms. The molecule has 0 spiro atoms. The van der Waals surface area contributed by atoms with E-state index in [2.05, 4.69) is 5.32 Å². The molecule has 0 heterocycles. The average molecular weight is 270 g/mol. The minimum atomic E-state index is -0.458. The van der Waals surface area contributed by atoms with Crippen molar-refractivity contribution in [1.82, 2.24) is 5.32 Å². The Kier molecular flexibility index (Phi) is 5.99. The molecule has 1 aromatic carbocycles. The number of amides is 1. The minimum absolute atomic E-state index is 0.0678. The fourth-order valence-corrected chi connectivity index (χ4v) is 1.56. The van der Waals surface area contributed by atoms with Crippen molar-refractivity contribution in [3.05, 3.63) is 29.3 Å². The van der Waals surface area contributed by atoms with Gasteiger partial charge in [-0.2, -0.15) is 0 Å². The molecular weight excluding hydrogens is 250 g/mol. The van der Waals surface area contributed by atoms with E-state index >= 15 is 0 Å². The highest BCUT2D eigenvalue weighted by Crippen LogP contribution is 2.17. The highest BCUT2D eigenvalue weighted by atomic mass is 35.5. The van der Waals surface area contributed by atoms with Crippen LogP contribution in [0.1, 0.15) is 33.6 Å². The van der Waals surface area contributed by atoms with Gasteiger partial charge in [-0.1, -0.05) is 25.4 Å². The Morgan fingerprint density at radius 2 is 1.89 bits per heavy atom. The summed E-state index contributed by atoms with van der Waals surface area (Å²) in [5, 5.41) is 3.57. The van der Waals surface area contributed by atoms with Crippen molar-refractivity contribution in [2.45, 2.75) is 45.8 Å². The van der Waals surface area contributed by atoms with Gasteiger partial charge in [0.15, 0.2) is 6.10 Å². The van der Waals surface area contributed by atoms with Crippen LogP contribution >= 0.6 is 11.6 Å². The van der Waals surface area contributed by atoms with E-state index < -0.39 is 6.10 Å². The Hall–Kier alpha value is -1.22. The van der Waals surface area contributed by atoms with Crippen LogP contribution in [0, 0.1) is 0 Å². The summed E-state index contributed by atoms with van der Waals surface area (Å²) in [4.78, 5) is 12.0. The topological polar surface area (TPSA) is 38.3 Å². The fraction of sp³-hybridized carbons (Fsp3) is 0.500. The second kappa shape index (κ2) is 7.27. The SMILES string of the molecule is CC[C@@H](C)NC(=O)[C@H](CC)Oc1ccc(Cl)cc1. The first-order valence-electron chi connectivity index (χ1n) is 6.29. The summed E-state index contributed by atoms with van der Waals surface area (Å²) in [6, 6.07) is 7.19. The van der Waals surface area contributed by atoms with E-state index in [0.29, 0.717) is 17.2 Å². The molecule has 0 bridgehead atoms. The molecule has 0 aliphatic rings. The van der Waals surface area contributed by atoms with Crippen LogP contribution in [0.2, 0.25) is 5.02 Å². The molecule has 1 rings (SSSR count). The lowest BCUT2D eigenvalue weighted by atomic mass is 10.2. The van der Waals surface area contributed by atoms with Gasteiger partial charge in [0.1, 0.15) is 5.75 Å². The largest absolute Gasteiger partial charge is 0.481 e. The highest BCUT2D eigenvalue weighted by Gasteiger charge is 2.19. The maximum Gasteiger partial charge on any atom is 0.261 e. The summed E-state index contributed by atoms with van der Waals surface area (Å²) >= 11 is 5.80. The summed E-state index contributed by atoms with van der Waals surface area (Å²) in [6.45, 7) is 5.94. The van der Waals surface area contributed by atoms with Gasteiger partial charge in [-0.25, -0.2) is 0 Å². The van der Waals surface area contributed by atoms with E-state index in [1.807, 2.05) is 20.8 Å². The Morgan fingerprint density at radius 3 is 2.39 bits per heavy atom. The van der Waals surface area contributed by atoms with Gasteiger partial charge in [0.05, 0.1) is 0 Å². The number of rotatable bonds is 6. The number of halogens is 1. The van der Waals surface area contributed by atoms with Gasteiger partial charge >= 0.3 is 0 Å². The summed E-state index contributed by atoms with van der Waals surface area (Å²) in [5.41, 5.74) is 0. The molecule has 0 radical (unpaired) electrons. The van der Waals surface area contributed by atoms with Gasteiger partial charge < -0.3 is 10.1 Å². The molecule has 0 saturated carbocycles. The molecule has 100 valence electrons. The maximum absolute atomic E-state index is 12.0. The van der Waals surface area contributed by atoms with E-state index in [1.165, 1.54) is 0 Å². The number of nitrogens with one attached hydrogen (secondary N) is 1. The first kappa shape index (κ1) is 14.8. The molecule has 0 aliphatic heterocycles. The van der Waals surface area contributed by atoms with E-state index in [-0.39, 0.29) is 11.9 Å². The highest BCUT2D eigenvalue weighted by molar-refractivity contribution is 6.30. The molecule has 0 saturated heterocycles. The number of ether oxygens (including phenoxy) is 1. The van der Waals surface area contributed by atoms with Crippen LogP contribution < -0.4 is 10.1 Å². The van der Waals surface area contributed by atoms with Crippen LogP contribution in [-0.4, -0.2) is 18.1 Å². The molecule has 2 atom stereocenters. The average Bonchev–Trinajstić information content (AvgIpc) is 2.37. The molecule has 1 aromatic rings. The molecule has 0 unspecified atom stereocenters. The van der Waals surface area contributed by atoms with Gasteiger partial charge in [-0.3, -0.25) is 4.79 Å². The predicted molar refractivity (Wildman–Crippen MR) is 74.1 cm³/mol. The first-order chi connectivity index (χ1) is 8.56. The second-order valence-electron chi connectivity index (χ2n) is 4.29. The van der Waals surface area contributed by atoms with E-state index in [1.54, 1.807) is 24.3 Å². The van der Waals surface area contributed by atoms with Crippen molar-refractivity contribution in [3.8, 4) is 5.75 Å². The van der Waals surface area contributed by atoms with Crippen LogP contribution in [0.15, 0.2) is 24.3 Å². The second-order valence-corrected chi connectivity index (χ2v) is 4.72. The third-order valence-corrected chi connectivity index (χ3v) is 3.01. The lowest BCUT2D eigenvalue weighted by Crippen LogP contribution is -2.42. The minimum Gasteiger partial charge on any atom is -0.481 e. The summed E-state index contributed by atoms with van der Waals surface area (Å²) in [6.07, 6.45) is 1.08. The number of hydrogen-bond donors (Lipinski definition) is 1. The molecule has 0 fully saturated rings. The molecule has 4 heteroatoms. The molecule has 3 nitrogen and oxygen atoms in total. The first-order valence-corrected chi connectivity index (χ1v) is 6.67. The van der Waals surface area contributed by atoms with E-state index in [4.69, 9.17) is 16.3 Å². The molecule has 0 aliphatic carbocycles. The van der Waals surface area contributed by atoms with Gasteiger partial charge in [0.25, 0.3) is 5.91 Å². The molecular formula is C14H20ClNO2. The normalized spacial score (nSPS) is 13.8. The standard InChI is InChI=1S/C14H20ClNO2/c1-4-10(3)16-14(17)13(5-2)18-12-8-6-11(15)7-9-12/h6-10,13H,4-5H2,1-3H3,(H,16,17)/t10-,13+/m1/s1. The number of carbonyl (C=O) groups is 1. The molecule has 1 amide bonds. The Bertz CT molecular complexity index is 378. The van der Waals surface area contributed by atoms with Crippen molar-refractivity contribution in [3.63, 3.8) is 0 Å². The van der Waals surface area contributed by atoms with Crippen molar-refractivity contribution >= 4 is 17.5 Å². The number of carbonyl (C=O) groups excluding carboxylic acids is 1. The van der Waals surface area contributed by atoms with Crippen LogP contribution in [0.25, 0.3) is 0 Å². The third kappa shape index (κ3) is 4.57. The number of hydrogen-bond acceptors (Lipinski definition) is 2. The van der Waals surface area contributed by atoms with E-state index in [0.717, 1.165) is 6.42 Å². The van der Waals surface area contributed by atoms with Crippen LogP contribution in [-0.2, 0) is 4.79 Å². The zero-order chi connectivity index (χ0) is 13.5. The lowest BCUT2D eigenvalue weighted by molar-refractivity contribution is -0.128. The van der Waals surface area contributed by atoms with Crippen molar-refractivity contribution in [2.24, 2.45) is 0 Å². The maximum atomic E-state index is 12.0. The summed E-state index contributed by atoms with van der Waals surface area (Å²) in [7, 11) is 0. The quantitative estimate of drug-likeness (QED) is 0.859. The summed E-state index contributed by atoms with van der Waals surface area (Å²) < 4.78 is 5.66. The van der Waals surface area contributed by atoms with Crippen LogP contribution in [0.5, 0.6) is 5.75 Å². The Balaban J connectivity index is 2.61. The predicted octanol–water partition coefficient (Wildman–Crippen LogP) is 3.41. The monoisotopic (exact) mass is 269 g/mol. The zero-order valence-corrected chi connectivity index (χ0v) is 11.8. The van der Waals surface area contributed by atoms with Gasteiger partial charge in [0, 0.05) is 11.1 Å². The molecule has 1 N–H and O–H groups in total. The van der Waals surface area contributed by atoms with Crippen molar-refractivity contribution in [2.75, 3.05) is 0 Å². The smallest absolute Gasteiger partial charge is 0.261 e. The van der Waals surface area contributed by atoms with E-state index in [9.17, 15) is 4.79 Å². The molecule has 0 aromatic heterocycles. The summed E-state index contributed by atoms with van der Waals surface area (Å²) in [5.74, 6) is 0.590. The number of benzene rings is 1. The van der Waals surface area contributed by atoms with Crippen LogP contribution in [0.4, 0.5) is 0 Å². The van der Waals surface area contributed by atoms with Gasteiger partial charge in [-0.05, 0) is 44.0 Å². The van der Waals surface area contributed by atoms with Crippen molar-refractivity contribution < 1.29 is 9.53 Å². The Labute approximate surface area is 113 Å². The fourth-order valence-electron chi connectivity index (χ4n) is 1.44. The van der Waals surface area contributed by atoms with Gasteiger partial charge in [-0.15, -0.1) is 0 Å². The lowest BCUT2D eigenvalue weighted by Gasteiger charge is -2.19. The Morgan fingerprint density at radius 1 is 1.28 bits per heavy atom. The van der Waals surface area contributed by atoms with Gasteiger partial charge in [0.2, 0.25) is 0 Å². The van der Waals surface area contributed by atoms with Crippen LogP contribution in [0.3, 0.4) is 0 Å². The third-order valence-electron chi connectivity index (χ3n) is 2.76. The van der Waals surface area contributed by atoms with Crippen molar-refractivity contribution in [1.29, 1.82) is 0 Å². The zero-order valence-electron chi connectivity index (χ0n) is 11.1.